The molecule has 0 radical (unpaired) electrons. The van der Waals surface area contributed by atoms with Crippen molar-refractivity contribution in [3.8, 4) is 22.8 Å². The van der Waals surface area contributed by atoms with Crippen LogP contribution in [-0.2, 0) is 11.2 Å². The van der Waals surface area contributed by atoms with Gasteiger partial charge in [0.15, 0.2) is 11.7 Å². The van der Waals surface area contributed by atoms with Crippen molar-refractivity contribution in [3.05, 3.63) is 66.4 Å². The summed E-state index contributed by atoms with van der Waals surface area (Å²) in [6.45, 7) is 0.591. The standard InChI is InChI=1S/C21H21FN2O4/c1-26-17-7-5-15(6-8-17)19-14-24-21(28-19)10-9-20(25)23-11-12-27-18-4-2-3-16(22)13-18/h2-8,13-14H,9-12H2,1H3,(H,23,25). The molecule has 1 heterocycles. The number of nitrogens with zero attached hydrogens (tertiary/aromatic N) is 1. The van der Waals surface area contributed by atoms with E-state index in [4.69, 9.17) is 13.9 Å². The first-order valence-corrected chi connectivity index (χ1v) is 8.88. The molecule has 0 fully saturated rings. The van der Waals surface area contributed by atoms with E-state index in [0.29, 0.717) is 30.4 Å². The van der Waals surface area contributed by atoms with Crippen molar-refractivity contribution < 1.29 is 23.1 Å². The van der Waals surface area contributed by atoms with Gasteiger partial charge in [0.2, 0.25) is 5.91 Å². The predicted octanol–water partition coefficient (Wildman–Crippen LogP) is 3.62. The molecule has 146 valence electrons. The van der Waals surface area contributed by atoms with E-state index < -0.39 is 0 Å². The van der Waals surface area contributed by atoms with Crippen LogP contribution >= 0.6 is 0 Å². The Balaban J connectivity index is 1.39. The van der Waals surface area contributed by atoms with Gasteiger partial charge in [0.1, 0.15) is 23.9 Å². The van der Waals surface area contributed by atoms with E-state index in [0.717, 1.165) is 11.3 Å². The monoisotopic (exact) mass is 384 g/mol. The van der Waals surface area contributed by atoms with Crippen molar-refractivity contribution in [2.75, 3.05) is 20.3 Å². The second-order valence-corrected chi connectivity index (χ2v) is 6.00. The number of carbonyl (C=O) groups excluding carboxylic acids is 1. The zero-order valence-corrected chi connectivity index (χ0v) is 15.5. The van der Waals surface area contributed by atoms with Gasteiger partial charge in [0.25, 0.3) is 0 Å². The number of halogens is 1. The minimum atomic E-state index is -0.360. The third kappa shape index (κ3) is 5.57. The van der Waals surface area contributed by atoms with Crippen molar-refractivity contribution in [1.29, 1.82) is 0 Å². The second kappa shape index (κ2) is 9.55. The summed E-state index contributed by atoms with van der Waals surface area (Å²) in [6, 6.07) is 13.3. The van der Waals surface area contributed by atoms with Crippen LogP contribution in [0.3, 0.4) is 0 Å². The Morgan fingerprint density at radius 3 is 2.75 bits per heavy atom. The lowest BCUT2D eigenvalue weighted by Crippen LogP contribution is -2.28. The number of oxazole rings is 1. The van der Waals surface area contributed by atoms with E-state index in [-0.39, 0.29) is 24.8 Å². The number of benzene rings is 2. The van der Waals surface area contributed by atoms with Crippen LogP contribution in [0, 0.1) is 5.82 Å². The average molecular weight is 384 g/mol. The molecule has 0 atom stereocenters. The van der Waals surface area contributed by atoms with E-state index in [9.17, 15) is 9.18 Å². The van der Waals surface area contributed by atoms with E-state index in [1.54, 1.807) is 25.4 Å². The Bertz CT molecular complexity index is 909. The highest BCUT2D eigenvalue weighted by molar-refractivity contribution is 5.76. The van der Waals surface area contributed by atoms with E-state index in [2.05, 4.69) is 10.3 Å². The van der Waals surface area contributed by atoms with Crippen LogP contribution < -0.4 is 14.8 Å². The number of nitrogens with one attached hydrogen (secondary N) is 1. The molecule has 0 spiro atoms. The summed E-state index contributed by atoms with van der Waals surface area (Å²) in [5, 5.41) is 2.75. The second-order valence-electron chi connectivity index (χ2n) is 6.00. The SMILES string of the molecule is COc1ccc(-c2cnc(CCC(=O)NCCOc3cccc(F)c3)o2)cc1. The third-order valence-corrected chi connectivity index (χ3v) is 3.98. The Morgan fingerprint density at radius 1 is 1.18 bits per heavy atom. The fraction of sp³-hybridized carbons (Fsp3) is 0.238. The van der Waals surface area contributed by atoms with Crippen LogP contribution in [0.1, 0.15) is 12.3 Å². The zero-order chi connectivity index (χ0) is 19.8. The average Bonchev–Trinajstić information content (AvgIpc) is 3.19. The highest BCUT2D eigenvalue weighted by Crippen LogP contribution is 2.23. The van der Waals surface area contributed by atoms with Crippen LogP contribution in [0.5, 0.6) is 11.5 Å². The highest BCUT2D eigenvalue weighted by Gasteiger charge is 2.09. The van der Waals surface area contributed by atoms with Gasteiger partial charge in [-0.25, -0.2) is 9.37 Å². The van der Waals surface area contributed by atoms with Gasteiger partial charge in [0.05, 0.1) is 19.9 Å². The topological polar surface area (TPSA) is 73.6 Å². The molecule has 6 nitrogen and oxygen atoms in total. The lowest BCUT2D eigenvalue weighted by molar-refractivity contribution is -0.121. The molecular weight excluding hydrogens is 363 g/mol. The summed E-state index contributed by atoms with van der Waals surface area (Å²) in [5.41, 5.74) is 0.887. The first-order valence-electron chi connectivity index (χ1n) is 8.88. The van der Waals surface area contributed by atoms with Crippen LogP contribution in [-0.4, -0.2) is 31.2 Å². The summed E-state index contributed by atoms with van der Waals surface area (Å²) in [4.78, 5) is 16.1. The number of rotatable bonds is 9. The molecule has 1 aromatic heterocycles. The molecule has 3 rings (SSSR count). The Labute approximate surface area is 162 Å². The molecule has 0 aliphatic carbocycles. The normalized spacial score (nSPS) is 10.5. The quantitative estimate of drug-likeness (QED) is 0.571. The third-order valence-electron chi connectivity index (χ3n) is 3.98. The molecule has 2 aromatic carbocycles. The van der Waals surface area contributed by atoms with Gasteiger partial charge in [-0.05, 0) is 36.4 Å². The van der Waals surface area contributed by atoms with Gasteiger partial charge in [-0.3, -0.25) is 4.79 Å². The largest absolute Gasteiger partial charge is 0.497 e. The number of amides is 1. The highest BCUT2D eigenvalue weighted by atomic mass is 19.1. The van der Waals surface area contributed by atoms with E-state index >= 15 is 0 Å². The Morgan fingerprint density at radius 2 is 2.00 bits per heavy atom. The fourth-order valence-electron chi connectivity index (χ4n) is 2.54. The van der Waals surface area contributed by atoms with Gasteiger partial charge >= 0.3 is 0 Å². The number of aryl methyl sites for hydroxylation is 1. The minimum Gasteiger partial charge on any atom is -0.497 e. The number of carbonyl (C=O) groups is 1. The number of aromatic nitrogens is 1. The van der Waals surface area contributed by atoms with Crippen molar-refractivity contribution >= 4 is 5.91 Å². The van der Waals surface area contributed by atoms with Gasteiger partial charge < -0.3 is 19.2 Å². The number of hydrogen-bond acceptors (Lipinski definition) is 5. The fourth-order valence-corrected chi connectivity index (χ4v) is 2.54. The molecule has 0 saturated carbocycles. The van der Waals surface area contributed by atoms with Crippen molar-refractivity contribution in [1.82, 2.24) is 10.3 Å². The molecule has 0 bridgehead atoms. The summed E-state index contributed by atoms with van der Waals surface area (Å²) in [5.74, 6) is 1.84. The molecule has 0 unspecified atom stereocenters. The van der Waals surface area contributed by atoms with Gasteiger partial charge in [-0.1, -0.05) is 6.07 Å². The van der Waals surface area contributed by atoms with E-state index in [1.807, 2.05) is 24.3 Å². The summed E-state index contributed by atoms with van der Waals surface area (Å²) >= 11 is 0. The molecule has 28 heavy (non-hydrogen) atoms. The van der Waals surface area contributed by atoms with Crippen molar-refractivity contribution in [2.45, 2.75) is 12.8 Å². The Hall–Kier alpha value is -3.35. The number of hydrogen-bond donors (Lipinski definition) is 1. The lowest BCUT2D eigenvalue weighted by atomic mass is 10.2. The van der Waals surface area contributed by atoms with Crippen molar-refractivity contribution in [3.63, 3.8) is 0 Å². The van der Waals surface area contributed by atoms with Crippen LogP contribution in [0.15, 0.2) is 59.1 Å². The summed E-state index contributed by atoms with van der Waals surface area (Å²) in [7, 11) is 1.61. The molecular formula is C21H21FN2O4. The van der Waals surface area contributed by atoms with Crippen LogP contribution in [0.25, 0.3) is 11.3 Å². The molecule has 1 N–H and O–H groups in total. The minimum absolute atomic E-state index is 0.132. The van der Waals surface area contributed by atoms with E-state index in [1.165, 1.54) is 12.1 Å². The van der Waals surface area contributed by atoms with Crippen LogP contribution in [0.2, 0.25) is 0 Å². The summed E-state index contributed by atoms with van der Waals surface area (Å²) in [6.07, 6.45) is 2.29. The van der Waals surface area contributed by atoms with Crippen LogP contribution in [0.4, 0.5) is 4.39 Å². The number of ether oxygens (including phenoxy) is 2. The molecule has 0 aliphatic rings. The predicted molar refractivity (Wildman–Crippen MR) is 102 cm³/mol. The molecule has 7 heteroatoms. The van der Waals surface area contributed by atoms with Gasteiger partial charge in [0, 0.05) is 24.5 Å². The van der Waals surface area contributed by atoms with Gasteiger partial charge in [-0.2, -0.15) is 0 Å². The van der Waals surface area contributed by atoms with Crippen molar-refractivity contribution in [2.24, 2.45) is 0 Å². The smallest absolute Gasteiger partial charge is 0.220 e. The first kappa shape index (κ1) is 19.4. The molecule has 3 aromatic rings. The lowest BCUT2D eigenvalue weighted by Gasteiger charge is -2.07. The maximum atomic E-state index is 13.0. The maximum Gasteiger partial charge on any atom is 0.220 e. The molecule has 1 amide bonds. The zero-order valence-electron chi connectivity index (χ0n) is 15.5. The Kier molecular flexibility index (Phi) is 6.62. The molecule has 0 aliphatic heterocycles. The molecule has 0 saturated heterocycles. The maximum absolute atomic E-state index is 13.0. The first-order chi connectivity index (χ1) is 13.6. The number of methoxy groups -OCH3 is 1. The van der Waals surface area contributed by atoms with Gasteiger partial charge in [-0.15, -0.1) is 0 Å². The summed E-state index contributed by atoms with van der Waals surface area (Å²) < 4.78 is 29.2.